The Balaban J connectivity index is 2.53. The van der Waals surface area contributed by atoms with E-state index >= 15 is 0 Å². The molecule has 0 atom stereocenters. The molecule has 1 radical (unpaired) electrons. The molecule has 0 aromatic carbocycles. The van der Waals surface area contributed by atoms with Crippen LogP contribution >= 0.6 is 0 Å². The van der Waals surface area contributed by atoms with E-state index in [-0.39, 0.29) is 18.8 Å². The van der Waals surface area contributed by atoms with Crippen molar-refractivity contribution in [2.75, 3.05) is 0 Å². The summed E-state index contributed by atoms with van der Waals surface area (Å²) in [6.07, 6.45) is -1.09. The molecule has 0 saturated heterocycles. The lowest BCUT2D eigenvalue weighted by Gasteiger charge is -2.28. The van der Waals surface area contributed by atoms with Crippen LogP contribution < -0.4 is 0 Å². The summed E-state index contributed by atoms with van der Waals surface area (Å²) in [5.74, 6) is -4.11. The molecule has 12 heavy (non-hydrogen) atoms. The second-order valence-corrected chi connectivity index (χ2v) is 3.09. The SMILES string of the molecule is FC(F)C(F)(F)[C]1CCCCC1. The van der Waals surface area contributed by atoms with E-state index < -0.39 is 12.3 Å². The van der Waals surface area contributed by atoms with Gasteiger partial charge in [0.25, 0.3) is 0 Å². The molecular formula is C8H11F4. The summed E-state index contributed by atoms with van der Waals surface area (Å²) in [5.41, 5.74) is 0. The molecule has 0 N–H and O–H groups in total. The van der Waals surface area contributed by atoms with Gasteiger partial charge in [-0.1, -0.05) is 19.3 Å². The average molecular weight is 183 g/mol. The highest BCUT2D eigenvalue weighted by molar-refractivity contribution is 5.05. The standard InChI is InChI=1S/C8H11F4/c9-7(10)8(11,12)6-4-2-1-3-5-6/h7H,1-5H2. The Hall–Kier alpha value is -0.280. The first kappa shape index (κ1) is 9.81. The lowest BCUT2D eigenvalue weighted by molar-refractivity contribution is -0.122. The van der Waals surface area contributed by atoms with Gasteiger partial charge < -0.3 is 0 Å². The van der Waals surface area contributed by atoms with Gasteiger partial charge in [-0.15, -0.1) is 0 Å². The van der Waals surface area contributed by atoms with Crippen molar-refractivity contribution >= 4 is 0 Å². The van der Waals surface area contributed by atoms with Crippen LogP contribution in [0.4, 0.5) is 17.6 Å². The van der Waals surface area contributed by atoms with Gasteiger partial charge in [-0.05, 0) is 12.8 Å². The Morgan fingerprint density at radius 3 is 1.92 bits per heavy atom. The molecule has 4 heteroatoms. The Morgan fingerprint density at radius 2 is 1.50 bits per heavy atom. The minimum atomic E-state index is -3.85. The first-order chi connectivity index (χ1) is 5.55. The zero-order valence-electron chi connectivity index (χ0n) is 6.62. The van der Waals surface area contributed by atoms with Crippen molar-refractivity contribution in [2.45, 2.75) is 44.5 Å². The number of hydrogen-bond acceptors (Lipinski definition) is 0. The summed E-state index contributed by atoms with van der Waals surface area (Å²) >= 11 is 0. The predicted octanol–water partition coefficient (Wildman–Crippen LogP) is 3.43. The van der Waals surface area contributed by atoms with Crippen molar-refractivity contribution in [3.8, 4) is 0 Å². The third kappa shape index (κ3) is 1.90. The smallest absolute Gasteiger partial charge is 0.204 e. The topological polar surface area (TPSA) is 0 Å². The summed E-state index contributed by atoms with van der Waals surface area (Å²) in [6.45, 7) is 0. The van der Waals surface area contributed by atoms with Gasteiger partial charge in [0.15, 0.2) is 0 Å². The minimum Gasteiger partial charge on any atom is -0.204 e. The zero-order valence-corrected chi connectivity index (χ0v) is 6.62. The third-order valence-corrected chi connectivity index (χ3v) is 2.20. The summed E-state index contributed by atoms with van der Waals surface area (Å²) in [6, 6.07) is 0. The zero-order chi connectivity index (χ0) is 9.19. The molecule has 0 aromatic rings. The summed E-state index contributed by atoms with van der Waals surface area (Å²) in [7, 11) is 0. The van der Waals surface area contributed by atoms with E-state index in [0.717, 1.165) is 6.42 Å². The molecule has 1 saturated carbocycles. The van der Waals surface area contributed by atoms with E-state index in [1.54, 1.807) is 0 Å². The Morgan fingerprint density at radius 1 is 1.00 bits per heavy atom. The maximum atomic E-state index is 12.6. The maximum absolute atomic E-state index is 12.6. The molecule has 1 rings (SSSR count). The monoisotopic (exact) mass is 183 g/mol. The van der Waals surface area contributed by atoms with Gasteiger partial charge in [0.05, 0.1) is 5.92 Å². The van der Waals surface area contributed by atoms with Crippen LogP contribution in [0, 0.1) is 5.92 Å². The fourth-order valence-corrected chi connectivity index (χ4v) is 1.47. The van der Waals surface area contributed by atoms with E-state index in [1.165, 1.54) is 0 Å². The Bertz CT molecular complexity index is 138. The molecule has 1 aliphatic carbocycles. The number of alkyl halides is 4. The highest BCUT2D eigenvalue weighted by Gasteiger charge is 2.48. The molecule has 0 aromatic heterocycles. The molecule has 0 amide bonds. The molecule has 71 valence electrons. The van der Waals surface area contributed by atoms with E-state index in [2.05, 4.69) is 0 Å². The van der Waals surface area contributed by atoms with Crippen molar-refractivity contribution < 1.29 is 17.6 Å². The van der Waals surface area contributed by atoms with Crippen LogP contribution in [0.5, 0.6) is 0 Å². The Kier molecular flexibility index (Phi) is 2.96. The van der Waals surface area contributed by atoms with Gasteiger partial charge in [0, 0.05) is 0 Å². The molecule has 0 nitrogen and oxygen atoms in total. The van der Waals surface area contributed by atoms with Crippen LogP contribution in [0.3, 0.4) is 0 Å². The molecule has 1 aliphatic rings. The highest BCUT2D eigenvalue weighted by Crippen LogP contribution is 2.41. The normalized spacial score (nSPS) is 21.8. The molecule has 0 unspecified atom stereocenters. The van der Waals surface area contributed by atoms with Gasteiger partial charge in [-0.2, -0.15) is 8.78 Å². The third-order valence-electron chi connectivity index (χ3n) is 2.20. The second-order valence-electron chi connectivity index (χ2n) is 3.09. The van der Waals surface area contributed by atoms with Gasteiger partial charge >= 0.3 is 12.3 Å². The van der Waals surface area contributed by atoms with Crippen LogP contribution in [0.2, 0.25) is 0 Å². The summed E-state index contributed by atoms with van der Waals surface area (Å²) in [4.78, 5) is 0. The van der Waals surface area contributed by atoms with Crippen molar-refractivity contribution in [2.24, 2.45) is 0 Å². The molecule has 1 fully saturated rings. The van der Waals surface area contributed by atoms with Crippen LogP contribution in [-0.4, -0.2) is 12.3 Å². The largest absolute Gasteiger partial charge is 0.313 e. The number of rotatable bonds is 2. The molecule has 0 aliphatic heterocycles. The van der Waals surface area contributed by atoms with E-state index in [1.807, 2.05) is 0 Å². The second kappa shape index (κ2) is 3.62. The lowest BCUT2D eigenvalue weighted by Crippen LogP contribution is -2.35. The molecule has 0 spiro atoms. The molecule has 0 heterocycles. The van der Waals surface area contributed by atoms with Crippen molar-refractivity contribution in [1.82, 2.24) is 0 Å². The van der Waals surface area contributed by atoms with E-state index in [0.29, 0.717) is 12.8 Å². The fraction of sp³-hybridized carbons (Fsp3) is 0.875. The molecular weight excluding hydrogens is 172 g/mol. The van der Waals surface area contributed by atoms with E-state index in [9.17, 15) is 17.6 Å². The summed E-state index contributed by atoms with van der Waals surface area (Å²) in [5, 5.41) is 0. The summed E-state index contributed by atoms with van der Waals surface area (Å²) < 4.78 is 48.9. The first-order valence-corrected chi connectivity index (χ1v) is 4.06. The quantitative estimate of drug-likeness (QED) is 0.575. The van der Waals surface area contributed by atoms with Gasteiger partial charge in [-0.3, -0.25) is 0 Å². The number of halogens is 4. The lowest BCUT2D eigenvalue weighted by atomic mass is 9.85. The average Bonchev–Trinajstić information content (AvgIpc) is 2.06. The van der Waals surface area contributed by atoms with Crippen LogP contribution in [0.25, 0.3) is 0 Å². The van der Waals surface area contributed by atoms with Crippen LogP contribution in [0.15, 0.2) is 0 Å². The van der Waals surface area contributed by atoms with Crippen LogP contribution in [0.1, 0.15) is 32.1 Å². The van der Waals surface area contributed by atoms with Crippen molar-refractivity contribution in [3.63, 3.8) is 0 Å². The van der Waals surface area contributed by atoms with Gasteiger partial charge in [-0.25, -0.2) is 8.78 Å². The van der Waals surface area contributed by atoms with E-state index in [4.69, 9.17) is 0 Å². The first-order valence-electron chi connectivity index (χ1n) is 4.06. The number of hydrogen-bond donors (Lipinski definition) is 0. The highest BCUT2D eigenvalue weighted by atomic mass is 19.3. The van der Waals surface area contributed by atoms with Crippen molar-refractivity contribution in [3.05, 3.63) is 5.92 Å². The van der Waals surface area contributed by atoms with Gasteiger partial charge in [0.1, 0.15) is 0 Å². The minimum absolute atomic E-state index is 0.164. The predicted molar refractivity (Wildman–Crippen MR) is 37.3 cm³/mol. The van der Waals surface area contributed by atoms with Crippen LogP contribution in [-0.2, 0) is 0 Å². The molecule has 0 bridgehead atoms. The Labute approximate surface area is 69.0 Å². The van der Waals surface area contributed by atoms with Crippen molar-refractivity contribution in [1.29, 1.82) is 0 Å². The maximum Gasteiger partial charge on any atom is 0.313 e. The fourth-order valence-electron chi connectivity index (χ4n) is 1.47. The van der Waals surface area contributed by atoms with Gasteiger partial charge in [0.2, 0.25) is 0 Å².